The zero-order valence-corrected chi connectivity index (χ0v) is 19.3. The summed E-state index contributed by atoms with van der Waals surface area (Å²) in [4.78, 5) is 17.0. The third-order valence-electron chi connectivity index (χ3n) is 5.83. The minimum Gasteiger partial charge on any atom is -0.457 e. The van der Waals surface area contributed by atoms with Gasteiger partial charge in [0.2, 0.25) is 0 Å². The summed E-state index contributed by atoms with van der Waals surface area (Å²) in [5, 5.41) is 13.2. The van der Waals surface area contributed by atoms with Crippen molar-refractivity contribution >= 4 is 11.7 Å². The largest absolute Gasteiger partial charge is 0.457 e. The molecular weight excluding hydrogens is 428 g/mol. The van der Waals surface area contributed by atoms with Crippen molar-refractivity contribution < 1.29 is 9.53 Å². The molecule has 8 nitrogen and oxygen atoms in total. The number of para-hydroxylation sites is 1. The Morgan fingerprint density at radius 1 is 0.794 bits per heavy atom. The van der Waals surface area contributed by atoms with E-state index in [4.69, 9.17) is 4.74 Å². The van der Waals surface area contributed by atoms with Crippen LogP contribution in [0.15, 0.2) is 72.8 Å². The van der Waals surface area contributed by atoms with Gasteiger partial charge in [-0.25, -0.2) is 4.68 Å². The molecule has 0 unspecified atom stereocenters. The lowest BCUT2D eigenvalue weighted by molar-refractivity contribution is 0.0746. The average molecular weight is 455 g/mol. The number of piperazine rings is 1. The predicted molar refractivity (Wildman–Crippen MR) is 130 cm³/mol. The highest BCUT2D eigenvalue weighted by molar-refractivity contribution is 5.94. The fourth-order valence-corrected chi connectivity index (χ4v) is 4.07. The van der Waals surface area contributed by atoms with E-state index >= 15 is 0 Å². The van der Waals surface area contributed by atoms with Crippen molar-refractivity contribution in [3.8, 4) is 17.3 Å². The molecule has 1 fully saturated rings. The molecule has 0 spiro atoms. The highest BCUT2D eigenvalue weighted by atomic mass is 16.5. The van der Waals surface area contributed by atoms with E-state index in [1.807, 2.05) is 91.5 Å². The van der Waals surface area contributed by atoms with Gasteiger partial charge in [0.15, 0.2) is 11.6 Å². The van der Waals surface area contributed by atoms with Crippen LogP contribution in [0.1, 0.15) is 21.7 Å². The van der Waals surface area contributed by atoms with E-state index in [2.05, 4.69) is 20.2 Å². The smallest absolute Gasteiger partial charge is 0.253 e. The van der Waals surface area contributed by atoms with E-state index in [9.17, 15) is 4.79 Å². The monoisotopic (exact) mass is 454 g/mol. The molecular formula is C26H26N6O2. The Kier molecular flexibility index (Phi) is 5.95. The van der Waals surface area contributed by atoms with Crippen LogP contribution in [0.3, 0.4) is 0 Å². The first kappa shape index (κ1) is 21.6. The molecule has 2 aromatic heterocycles. The van der Waals surface area contributed by atoms with Gasteiger partial charge in [-0.3, -0.25) is 4.79 Å². The number of hydrogen-bond donors (Lipinski definition) is 0. The first-order valence-corrected chi connectivity index (χ1v) is 11.3. The van der Waals surface area contributed by atoms with Gasteiger partial charge >= 0.3 is 0 Å². The summed E-state index contributed by atoms with van der Waals surface area (Å²) >= 11 is 0. The van der Waals surface area contributed by atoms with Crippen molar-refractivity contribution in [1.29, 1.82) is 0 Å². The standard InChI is InChI=1S/C26H26N6O2/c1-19-18-20(2)32(29-19)25-13-12-24(27-28-25)30-14-16-31(17-15-30)26(33)21-8-10-23(11-9-21)34-22-6-4-3-5-7-22/h3-13,18H,14-17H2,1-2H3. The SMILES string of the molecule is Cc1cc(C)n(-c2ccc(N3CCN(C(=O)c4ccc(Oc5ccccc5)cc4)CC3)nn2)n1. The molecule has 5 rings (SSSR count). The predicted octanol–water partition coefficient (Wildman–Crippen LogP) is 4.03. The van der Waals surface area contributed by atoms with Gasteiger partial charge in [-0.15, -0.1) is 10.2 Å². The first-order valence-electron chi connectivity index (χ1n) is 11.3. The topological polar surface area (TPSA) is 76.4 Å². The highest BCUT2D eigenvalue weighted by Gasteiger charge is 2.23. The fraction of sp³-hybridized carbons (Fsp3) is 0.231. The third kappa shape index (κ3) is 4.61. The molecule has 2 aromatic carbocycles. The average Bonchev–Trinajstić information content (AvgIpc) is 3.22. The Hall–Kier alpha value is -4.20. The summed E-state index contributed by atoms with van der Waals surface area (Å²) in [6.45, 7) is 6.61. The van der Waals surface area contributed by atoms with Gasteiger partial charge < -0.3 is 14.5 Å². The molecule has 1 aliphatic rings. The van der Waals surface area contributed by atoms with Gasteiger partial charge in [0.1, 0.15) is 11.5 Å². The number of amides is 1. The molecule has 8 heteroatoms. The number of benzene rings is 2. The first-order chi connectivity index (χ1) is 16.6. The summed E-state index contributed by atoms with van der Waals surface area (Å²) in [6.07, 6.45) is 0. The molecule has 4 aromatic rings. The van der Waals surface area contributed by atoms with Crippen molar-refractivity contribution in [2.24, 2.45) is 0 Å². The number of carbonyl (C=O) groups is 1. The second kappa shape index (κ2) is 9.35. The second-order valence-corrected chi connectivity index (χ2v) is 8.31. The van der Waals surface area contributed by atoms with Crippen molar-refractivity contribution in [2.75, 3.05) is 31.1 Å². The molecule has 3 heterocycles. The maximum atomic E-state index is 13.0. The van der Waals surface area contributed by atoms with E-state index in [1.54, 1.807) is 4.68 Å². The number of carbonyl (C=O) groups excluding carboxylic acids is 1. The molecule has 34 heavy (non-hydrogen) atoms. The van der Waals surface area contributed by atoms with E-state index in [0.29, 0.717) is 43.3 Å². The van der Waals surface area contributed by atoms with Crippen LogP contribution >= 0.6 is 0 Å². The molecule has 1 amide bonds. The molecule has 0 atom stereocenters. The van der Waals surface area contributed by atoms with Crippen LogP contribution in [0.4, 0.5) is 5.82 Å². The second-order valence-electron chi connectivity index (χ2n) is 8.31. The van der Waals surface area contributed by atoms with Crippen LogP contribution in [-0.4, -0.2) is 57.0 Å². The molecule has 1 aliphatic heterocycles. The Morgan fingerprint density at radius 2 is 1.44 bits per heavy atom. The Labute approximate surface area is 198 Å². The van der Waals surface area contributed by atoms with Gasteiger partial charge in [-0.2, -0.15) is 5.10 Å². The Bertz CT molecular complexity index is 1260. The van der Waals surface area contributed by atoms with Gasteiger partial charge in [-0.05, 0) is 68.4 Å². The quantitative estimate of drug-likeness (QED) is 0.453. The highest BCUT2D eigenvalue weighted by Crippen LogP contribution is 2.22. The van der Waals surface area contributed by atoms with Crippen LogP contribution in [0.5, 0.6) is 11.5 Å². The maximum Gasteiger partial charge on any atom is 0.253 e. The number of aromatic nitrogens is 4. The summed E-state index contributed by atoms with van der Waals surface area (Å²) in [5.74, 6) is 3.00. The zero-order chi connectivity index (χ0) is 23.5. The van der Waals surface area contributed by atoms with Crippen LogP contribution in [-0.2, 0) is 0 Å². The van der Waals surface area contributed by atoms with Crippen LogP contribution in [0.2, 0.25) is 0 Å². The Morgan fingerprint density at radius 3 is 2.06 bits per heavy atom. The molecule has 172 valence electrons. The van der Waals surface area contributed by atoms with Crippen molar-refractivity contribution in [3.63, 3.8) is 0 Å². The molecule has 1 saturated heterocycles. The van der Waals surface area contributed by atoms with Gasteiger partial charge in [0, 0.05) is 37.4 Å². The van der Waals surface area contributed by atoms with Gasteiger partial charge in [0.05, 0.1) is 5.69 Å². The fourth-order valence-electron chi connectivity index (χ4n) is 4.07. The van der Waals surface area contributed by atoms with Gasteiger partial charge in [-0.1, -0.05) is 18.2 Å². The Balaban J connectivity index is 1.18. The number of aryl methyl sites for hydroxylation is 2. The number of hydrogen-bond acceptors (Lipinski definition) is 6. The number of rotatable bonds is 5. The lowest BCUT2D eigenvalue weighted by atomic mass is 10.1. The summed E-state index contributed by atoms with van der Waals surface area (Å²) < 4.78 is 7.61. The summed E-state index contributed by atoms with van der Waals surface area (Å²) in [6, 6.07) is 22.8. The van der Waals surface area contributed by atoms with E-state index in [0.717, 1.165) is 23.0 Å². The normalized spacial score (nSPS) is 13.7. The lowest BCUT2D eigenvalue weighted by Gasteiger charge is -2.35. The number of ether oxygens (including phenoxy) is 1. The minimum atomic E-state index is 0.0249. The van der Waals surface area contributed by atoms with Crippen molar-refractivity contribution in [2.45, 2.75) is 13.8 Å². The number of nitrogens with zero attached hydrogens (tertiary/aromatic N) is 6. The van der Waals surface area contributed by atoms with Crippen LogP contribution in [0.25, 0.3) is 5.82 Å². The van der Waals surface area contributed by atoms with E-state index in [-0.39, 0.29) is 5.91 Å². The van der Waals surface area contributed by atoms with Crippen molar-refractivity contribution in [3.05, 3.63) is 89.7 Å². The molecule has 0 saturated carbocycles. The van der Waals surface area contributed by atoms with Crippen molar-refractivity contribution in [1.82, 2.24) is 24.9 Å². The number of anilines is 1. The van der Waals surface area contributed by atoms with E-state index in [1.165, 1.54) is 0 Å². The molecule has 0 N–H and O–H groups in total. The summed E-state index contributed by atoms with van der Waals surface area (Å²) in [5.41, 5.74) is 2.62. The van der Waals surface area contributed by atoms with Gasteiger partial charge in [0.25, 0.3) is 5.91 Å². The molecule has 0 bridgehead atoms. The maximum absolute atomic E-state index is 13.0. The molecule has 0 aliphatic carbocycles. The summed E-state index contributed by atoms with van der Waals surface area (Å²) in [7, 11) is 0. The third-order valence-corrected chi connectivity index (χ3v) is 5.83. The van der Waals surface area contributed by atoms with Crippen LogP contribution in [0, 0.1) is 13.8 Å². The van der Waals surface area contributed by atoms with Crippen LogP contribution < -0.4 is 9.64 Å². The minimum absolute atomic E-state index is 0.0249. The molecule has 0 radical (unpaired) electrons. The van der Waals surface area contributed by atoms with E-state index < -0.39 is 0 Å². The lowest BCUT2D eigenvalue weighted by Crippen LogP contribution is -2.49. The zero-order valence-electron chi connectivity index (χ0n) is 19.3.